The molecular formula is C74H89Cl2N19O7S2. The van der Waals surface area contributed by atoms with Crippen molar-refractivity contribution in [1.82, 2.24) is 69.5 Å². The summed E-state index contributed by atoms with van der Waals surface area (Å²) in [5.41, 5.74) is 14.2. The number of amides is 1. The molecule has 0 atom stereocenters. The highest BCUT2D eigenvalue weighted by Gasteiger charge is 2.31. The average Bonchev–Trinajstić information content (AvgIpc) is 1.58. The van der Waals surface area contributed by atoms with Gasteiger partial charge in [-0.2, -0.15) is 30.8 Å². The first-order chi connectivity index (χ1) is 50.3. The lowest BCUT2D eigenvalue weighted by Crippen LogP contribution is -2.48. The summed E-state index contributed by atoms with van der Waals surface area (Å²) < 4.78 is 60.8. The summed E-state index contributed by atoms with van der Waals surface area (Å²) in [6.45, 7) is 17.9. The molecule has 12 heterocycles. The molecular weight excluding hydrogens is 1400 g/mol. The van der Waals surface area contributed by atoms with Gasteiger partial charge in [0.1, 0.15) is 5.82 Å². The summed E-state index contributed by atoms with van der Waals surface area (Å²) in [4.78, 5) is 26.8. The van der Waals surface area contributed by atoms with E-state index in [4.69, 9.17) is 37.9 Å². The Morgan fingerprint density at radius 3 is 1.40 bits per heavy atom. The van der Waals surface area contributed by atoms with Gasteiger partial charge in [-0.1, -0.05) is 48.3 Å². The number of fused-ring (bicyclic) bond motifs is 5. The van der Waals surface area contributed by atoms with Gasteiger partial charge in [0.05, 0.1) is 95.9 Å². The number of carbonyl (C=O) groups excluding carboxylic acids is 1. The molecule has 0 unspecified atom stereocenters. The molecule has 0 bridgehead atoms. The SMILES string of the molecule is CC(=O)N1CCN(c2cc(C#N)cc3[nH]ncc23)CC1.CCc1cc(C2CCN(S(C)(=O)=O)CC2)c2cn[nH]c2c1.CS(=O)(=O)N1CCC(c2cc(C3CCOCC3)cc3[nH]ncc23)CC1.Clc1cc(N2CCN(c3ccccn3)CC2)c2cn[nH]c2c1.Clc1cc(N2CCOCC2)c2cn[nH]c2c1. The topological polar surface area (TPSA) is 307 Å². The van der Waals surface area contributed by atoms with Gasteiger partial charge in [-0.3, -0.25) is 30.3 Å². The molecule has 30 heteroatoms. The van der Waals surface area contributed by atoms with Gasteiger partial charge < -0.3 is 34.0 Å². The van der Waals surface area contributed by atoms with Crippen LogP contribution in [0.25, 0.3) is 54.5 Å². The highest BCUT2D eigenvalue weighted by molar-refractivity contribution is 7.88. The molecule has 17 rings (SSSR count). The lowest BCUT2D eigenvalue weighted by Gasteiger charge is -2.37. The maximum absolute atomic E-state index is 11.8. The number of aryl methyl sites for hydroxylation is 1. The maximum atomic E-state index is 11.8. The number of aromatic nitrogens is 11. The molecule has 0 aliphatic carbocycles. The van der Waals surface area contributed by atoms with Crippen LogP contribution in [0.4, 0.5) is 22.9 Å². The fourth-order valence-corrected chi connectivity index (χ4v) is 17.2. The number of carbonyl (C=O) groups is 1. The molecule has 104 heavy (non-hydrogen) atoms. The molecule has 26 nitrogen and oxygen atoms in total. The smallest absolute Gasteiger partial charge is 0.219 e. The van der Waals surface area contributed by atoms with Crippen molar-refractivity contribution in [3.8, 4) is 6.07 Å². The summed E-state index contributed by atoms with van der Waals surface area (Å²) in [5, 5.41) is 51.8. The van der Waals surface area contributed by atoms with Crippen LogP contribution in [0.5, 0.6) is 0 Å². The first kappa shape index (κ1) is 73.4. The summed E-state index contributed by atoms with van der Waals surface area (Å²) in [6, 6.07) is 28.7. The Hall–Kier alpha value is -8.92. The number of ether oxygens (including phenoxy) is 2. The van der Waals surface area contributed by atoms with E-state index in [9.17, 15) is 21.6 Å². The molecule has 6 fully saturated rings. The van der Waals surface area contributed by atoms with Gasteiger partial charge >= 0.3 is 0 Å². The van der Waals surface area contributed by atoms with E-state index in [0.29, 0.717) is 62.6 Å². The van der Waals surface area contributed by atoms with E-state index in [0.717, 1.165) is 200 Å². The molecule has 6 aliphatic rings. The molecule has 1 amide bonds. The third kappa shape index (κ3) is 17.4. The number of nitriles is 1. The van der Waals surface area contributed by atoms with Crippen LogP contribution in [-0.4, -0.2) is 223 Å². The number of nitrogens with zero attached hydrogens (tertiary/aromatic N) is 14. The number of piperidine rings is 2. The molecule has 5 N–H and O–H groups in total. The average molecular weight is 1490 g/mol. The summed E-state index contributed by atoms with van der Waals surface area (Å²) in [5.74, 6) is 2.49. The van der Waals surface area contributed by atoms with Gasteiger partial charge in [0.25, 0.3) is 0 Å². The number of halogens is 2. The van der Waals surface area contributed by atoms with E-state index in [1.807, 2.05) is 78.3 Å². The molecule has 6 aliphatic heterocycles. The van der Waals surface area contributed by atoms with Gasteiger partial charge in [-0.05, 0) is 146 Å². The van der Waals surface area contributed by atoms with Gasteiger partial charge in [-0.15, -0.1) is 0 Å². The number of morpholine rings is 1. The number of pyridine rings is 1. The molecule has 5 aromatic carbocycles. The number of H-pyrrole nitrogens is 5. The van der Waals surface area contributed by atoms with Crippen molar-refractivity contribution in [2.45, 2.75) is 76.5 Å². The second-order valence-electron chi connectivity index (χ2n) is 27.3. The number of nitrogens with one attached hydrogen (secondary N) is 5. The zero-order chi connectivity index (χ0) is 72.5. The predicted octanol–water partition coefficient (Wildman–Crippen LogP) is 11.0. The Labute approximate surface area is 615 Å². The molecule has 0 saturated carbocycles. The van der Waals surface area contributed by atoms with E-state index in [1.54, 1.807) is 27.8 Å². The minimum atomic E-state index is -3.09. The van der Waals surface area contributed by atoms with Crippen molar-refractivity contribution in [3.63, 3.8) is 0 Å². The Bertz CT molecular complexity index is 5020. The van der Waals surface area contributed by atoms with Crippen molar-refractivity contribution in [2.75, 3.05) is 150 Å². The Morgan fingerprint density at radius 1 is 0.500 bits per heavy atom. The van der Waals surface area contributed by atoms with E-state index < -0.39 is 20.0 Å². The van der Waals surface area contributed by atoms with Crippen molar-refractivity contribution in [2.24, 2.45) is 0 Å². The number of piperazine rings is 2. The maximum Gasteiger partial charge on any atom is 0.219 e. The van der Waals surface area contributed by atoms with Gasteiger partial charge in [0, 0.05) is 172 Å². The first-order valence-corrected chi connectivity index (χ1v) is 40.1. The van der Waals surface area contributed by atoms with E-state index >= 15 is 0 Å². The van der Waals surface area contributed by atoms with Crippen LogP contribution in [0.1, 0.15) is 97.9 Å². The van der Waals surface area contributed by atoms with Crippen LogP contribution in [0, 0.1) is 11.3 Å². The number of anilines is 4. The predicted molar refractivity (Wildman–Crippen MR) is 410 cm³/mol. The lowest BCUT2D eigenvalue weighted by molar-refractivity contribution is -0.129. The highest BCUT2D eigenvalue weighted by Crippen LogP contribution is 2.40. The van der Waals surface area contributed by atoms with Crippen LogP contribution < -0.4 is 19.6 Å². The lowest BCUT2D eigenvalue weighted by atomic mass is 9.83. The summed E-state index contributed by atoms with van der Waals surface area (Å²) in [7, 11) is -6.15. The fraction of sp³-hybridized carbons (Fsp3) is 0.432. The first-order valence-electron chi connectivity index (χ1n) is 35.6. The second-order valence-corrected chi connectivity index (χ2v) is 32.1. The second kappa shape index (κ2) is 33.0. The van der Waals surface area contributed by atoms with Gasteiger partial charge in [-0.25, -0.2) is 30.4 Å². The van der Waals surface area contributed by atoms with Crippen LogP contribution in [0.15, 0.2) is 116 Å². The van der Waals surface area contributed by atoms with Crippen molar-refractivity contribution >= 4 is 127 Å². The van der Waals surface area contributed by atoms with Gasteiger partial charge in [0.15, 0.2) is 0 Å². The Kier molecular flexibility index (Phi) is 23.3. The fourth-order valence-electron chi connectivity index (χ4n) is 15.0. The third-order valence-electron chi connectivity index (χ3n) is 20.8. The van der Waals surface area contributed by atoms with E-state index in [-0.39, 0.29) is 5.91 Å². The number of sulfonamides is 2. The van der Waals surface area contributed by atoms with Crippen LogP contribution in [0.3, 0.4) is 0 Å². The molecule has 6 saturated heterocycles. The van der Waals surface area contributed by atoms with Crippen LogP contribution in [0.2, 0.25) is 10.0 Å². The number of benzene rings is 5. The minimum absolute atomic E-state index is 0.115. The number of aromatic amines is 5. The molecule has 6 aromatic heterocycles. The normalized spacial score (nSPS) is 17.8. The largest absolute Gasteiger partial charge is 0.381 e. The van der Waals surface area contributed by atoms with Crippen molar-refractivity contribution < 1.29 is 31.1 Å². The number of hydrogen-bond donors (Lipinski definition) is 5. The van der Waals surface area contributed by atoms with Crippen LogP contribution in [-0.2, 0) is 40.7 Å². The Balaban J connectivity index is 0.000000116. The number of rotatable bonds is 10. The zero-order valence-corrected chi connectivity index (χ0v) is 62.2. The standard InChI is InChI=1S/C18H25N3O3S.C16H16ClN5.C15H21N3O2S.C14H15N5O.C11H12ClN3O/c1-25(22,23)21-6-2-14(3-7-21)16-10-15(13-4-8-24-9-5-13)11-18-17(16)12-19-20-18;17-12-9-14-13(11-19-20-14)15(10-12)21-5-7-22(8-6-21)16-3-1-2-4-18-16;1-3-11-8-13(14-10-16-17-15(14)9-11)12-4-6-18(7-5-12)21(2,19)20;1-10(20)18-2-4-19(5-3-18)14-7-11(8-15)6-13-12(14)9-16-17-13;12-8-5-10-9(7-13-14-10)11(6-8)15-1-3-16-4-2-15/h10-14H,2-9H2,1H3,(H,19,20);1-4,9-11H,5-8H2,(H,19,20);8-10,12H,3-7H2,1-2H3,(H,16,17);6-7,9H,2-5H2,1H3,(H,16,17);5-7H,1-4H2,(H,13,14). The quantitative estimate of drug-likeness (QED) is 0.0850. The summed E-state index contributed by atoms with van der Waals surface area (Å²) >= 11 is 12.3. The highest BCUT2D eigenvalue weighted by atomic mass is 35.5. The van der Waals surface area contributed by atoms with Gasteiger partial charge in [0.2, 0.25) is 26.0 Å². The van der Waals surface area contributed by atoms with E-state index in [2.05, 4.69) is 119 Å². The monoisotopic (exact) mass is 1490 g/mol. The van der Waals surface area contributed by atoms with Crippen LogP contribution >= 0.6 is 23.2 Å². The third-order valence-corrected chi connectivity index (χ3v) is 23.8. The molecule has 0 radical (unpaired) electrons. The Morgan fingerprint density at radius 2 is 0.933 bits per heavy atom. The zero-order valence-electron chi connectivity index (χ0n) is 59.1. The summed E-state index contributed by atoms with van der Waals surface area (Å²) in [6.07, 6.45) is 20.3. The molecule has 548 valence electrons. The molecule has 0 spiro atoms. The number of hydrogen-bond acceptors (Lipinski definition) is 18. The van der Waals surface area contributed by atoms with E-state index in [1.165, 1.54) is 45.5 Å². The van der Waals surface area contributed by atoms with Crippen molar-refractivity contribution in [3.05, 3.63) is 154 Å². The molecule has 11 aromatic rings. The minimum Gasteiger partial charge on any atom is -0.381 e. The van der Waals surface area contributed by atoms with Crippen molar-refractivity contribution in [1.29, 1.82) is 5.26 Å².